The summed E-state index contributed by atoms with van der Waals surface area (Å²) >= 11 is 0. The standard InChI is InChI=1S/C20H17F3O4S/c1-3-15-8-6-7-11-18(15)19(26-2)13-12-16-9-4-5-10-17(16)14-27-28(24,25)20(21,22)23/h1,6-9,11,14,19H,4-5,10H2,2H3/b17-14-. The highest BCUT2D eigenvalue weighted by Crippen LogP contribution is 2.28. The molecule has 8 heteroatoms. The molecule has 1 aliphatic carbocycles. The first kappa shape index (κ1) is 21.6. The number of hydrogen-bond donors (Lipinski definition) is 0. The molecule has 148 valence electrons. The molecule has 1 aromatic carbocycles. The zero-order valence-corrected chi connectivity index (χ0v) is 15.7. The van der Waals surface area contributed by atoms with Crippen molar-refractivity contribution in [2.45, 2.75) is 30.9 Å². The third-order valence-corrected chi connectivity index (χ3v) is 4.83. The van der Waals surface area contributed by atoms with Gasteiger partial charge in [-0.2, -0.15) is 21.6 Å². The van der Waals surface area contributed by atoms with Crippen LogP contribution in [0.1, 0.15) is 36.5 Å². The molecule has 0 fully saturated rings. The first-order chi connectivity index (χ1) is 13.2. The van der Waals surface area contributed by atoms with E-state index >= 15 is 0 Å². The van der Waals surface area contributed by atoms with Gasteiger partial charge < -0.3 is 8.92 Å². The topological polar surface area (TPSA) is 52.6 Å². The number of halogens is 3. The molecule has 0 spiro atoms. The first-order valence-corrected chi connectivity index (χ1v) is 9.59. The van der Waals surface area contributed by atoms with E-state index in [-0.39, 0.29) is 5.57 Å². The van der Waals surface area contributed by atoms with Crippen LogP contribution in [0.5, 0.6) is 0 Å². The van der Waals surface area contributed by atoms with Crippen molar-refractivity contribution in [3.8, 4) is 24.2 Å². The molecule has 4 nitrogen and oxygen atoms in total. The fraction of sp³-hybridized carbons (Fsp3) is 0.300. The number of hydrogen-bond acceptors (Lipinski definition) is 4. The van der Waals surface area contributed by atoms with Crippen LogP contribution in [0.2, 0.25) is 0 Å². The number of allylic oxidation sites excluding steroid dienone is 3. The highest BCUT2D eigenvalue weighted by atomic mass is 32.2. The second-order valence-corrected chi connectivity index (χ2v) is 7.33. The summed E-state index contributed by atoms with van der Waals surface area (Å²) in [6.45, 7) is 0. The van der Waals surface area contributed by atoms with Gasteiger partial charge in [-0.15, -0.1) is 6.42 Å². The van der Waals surface area contributed by atoms with Crippen molar-refractivity contribution in [1.82, 2.24) is 0 Å². The zero-order chi connectivity index (χ0) is 20.8. The van der Waals surface area contributed by atoms with Crippen molar-refractivity contribution in [2.24, 2.45) is 0 Å². The summed E-state index contributed by atoms with van der Waals surface area (Å²) in [7, 11) is -4.25. The Balaban J connectivity index is 2.30. The summed E-state index contributed by atoms with van der Waals surface area (Å²) in [4.78, 5) is 0. The average molecular weight is 410 g/mol. The van der Waals surface area contributed by atoms with E-state index in [1.807, 2.05) is 0 Å². The van der Waals surface area contributed by atoms with Crippen LogP contribution in [0.3, 0.4) is 0 Å². The van der Waals surface area contributed by atoms with E-state index in [4.69, 9.17) is 11.2 Å². The lowest BCUT2D eigenvalue weighted by Crippen LogP contribution is -2.24. The predicted molar refractivity (Wildman–Crippen MR) is 98.0 cm³/mol. The Morgan fingerprint density at radius 3 is 2.64 bits per heavy atom. The van der Waals surface area contributed by atoms with E-state index in [0.717, 1.165) is 0 Å². The largest absolute Gasteiger partial charge is 0.534 e. The predicted octanol–water partition coefficient (Wildman–Crippen LogP) is 4.22. The Morgan fingerprint density at radius 1 is 1.29 bits per heavy atom. The molecule has 0 aliphatic heterocycles. The second kappa shape index (κ2) is 9.01. The van der Waals surface area contributed by atoms with Gasteiger partial charge in [0.25, 0.3) is 0 Å². The van der Waals surface area contributed by atoms with Crippen LogP contribution < -0.4 is 0 Å². The van der Waals surface area contributed by atoms with Gasteiger partial charge in [0.05, 0.1) is 0 Å². The SMILES string of the molecule is C#Cc1ccccc1C(C#CC1=CCCC/C1=C/OS(=O)(=O)C(F)(F)F)OC. The molecule has 0 N–H and O–H groups in total. The molecule has 0 radical (unpaired) electrons. The van der Waals surface area contributed by atoms with Crippen LogP contribution in [0, 0.1) is 24.2 Å². The summed E-state index contributed by atoms with van der Waals surface area (Å²) in [6, 6.07) is 7.07. The van der Waals surface area contributed by atoms with Crippen molar-refractivity contribution in [1.29, 1.82) is 0 Å². The Labute approximate surface area is 162 Å². The fourth-order valence-electron chi connectivity index (χ4n) is 2.50. The summed E-state index contributed by atoms with van der Waals surface area (Å²) in [5, 5.41) is 0. The van der Waals surface area contributed by atoms with Crippen molar-refractivity contribution in [2.75, 3.05) is 7.11 Å². The first-order valence-electron chi connectivity index (χ1n) is 8.18. The van der Waals surface area contributed by atoms with Crippen LogP contribution in [0.15, 0.2) is 47.7 Å². The number of alkyl halides is 3. The molecule has 1 atom stereocenters. The van der Waals surface area contributed by atoms with Gasteiger partial charge in [0, 0.05) is 29.4 Å². The number of terminal acetylenes is 1. The van der Waals surface area contributed by atoms with E-state index in [0.29, 0.717) is 42.2 Å². The summed E-state index contributed by atoms with van der Waals surface area (Å²) in [5.74, 6) is 8.27. The van der Waals surface area contributed by atoms with Crippen LogP contribution in [0.4, 0.5) is 13.2 Å². The molecule has 28 heavy (non-hydrogen) atoms. The minimum atomic E-state index is -5.71. The van der Waals surface area contributed by atoms with Gasteiger partial charge in [0.15, 0.2) is 0 Å². The van der Waals surface area contributed by atoms with Gasteiger partial charge in [-0.1, -0.05) is 42.0 Å². The van der Waals surface area contributed by atoms with E-state index in [1.54, 1.807) is 30.3 Å². The fourth-order valence-corrected chi connectivity index (χ4v) is 2.85. The minimum Gasteiger partial charge on any atom is -0.384 e. The van der Waals surface area contributed by atoms with Gasteiger partial charge in [-0.05, 0) is 25.3 Å². The zero-order valence-electron chi connectivity index (χ0n) is 14.9. The lowest BCUT2D eigenvalue weighted by molar-refractivity contribution is -0.0515. The molecule has 0 heterocycles. The Hall–Kier alpha value is -2.68. The molecule has 0 saturated heterocycles. The average Bonchev–Trinajstić information content (AvgIpc) is 2.67. The Kier molecular flexibility index (Phi) is 6.95. The number of rotatable bonds is 4. The minimum absolute atomic E-state index is 0.270. The molecule has 0 aromatic heterocycles. The van der Waals surface area contributed by atoms with E-state index in [9.17, 15) is 21.6 Å². The monoisotopic (exact) mass is 410 g/mol. The van der Waals surface area contributed by atoms with Crippen LogP contribution in [-0.2, 0) is 19.0 Å². The van der Waals surface area contributed by atoms with Crippen molar-refractivity contribution >= 4 is 10.1 Å². The molecule has 0 bridgehead atoms. The molecule has 2 rings (SSSR count). The third-order valence-electron chi connectivity index (χ3n) is 3.92. The van der Waals surface area contributed by atoms with Gasteiger partial charge in [0.2, 0.25) is 0 Å². The number of benzene rings is 1. The maximum Gasteiger partial charge on any atom is 0.534 e. The van der Waals surface area contributed by atoms with E-state index in [2.05, 4.69) is 21.9 Å². The number of methoxy groups -OCH3 is 1. The molecule has 1 unspecified atom stereocenters. The molecule has 0 amide bonds. The summed E-state index contributed by atoms with van der Waals surface area (Å²) < 4.78 is 68.9. The number of ether oxygens (including phenoxy) is 1. The molecular weight excluding hydrogens is 393 g/mol. The molecule has 1 aromatic rings. The molecule has 1 aliphatic rings. The second-order valence-electron chi connectivity index (χ2n) is 5.77. The normalized spacial score (nSPS) is 17.1. The third kappa shape index (κ3) is 5.19. The van der Waals surface area contributed by atoms with Gasteiger partial charge in [-0.25, -0.2) is 0 Å². The maximum absolute atomic E-state index is 12.4. The van der Waals surface area contributed by atoms with Gasteiger partial charge >= 0.3 is 15.6 Å². The van der Waals surface area contributed by atoms with Crippen LogP contribution in [-0.4, -0.2) is 21.0 Å². The highest BCUT2D eigenvalue weighted by molar-refractivity contribution is 7.87. The quantitative estimate of drug-likeness (QED) is 0.323. The smallest absolute Gasteiger partial charge is 0.384 e. The lowest BCUT2D eigenvalue weighted by Gasteiger charge is -2.14. The van der Waals surface area contributed by atoms with Crippen LogP contribution >= 0.6 is 0 Å². The Bertz CT molecular complexity index is 987. The maximum atomic E-state index is 12.4. The van der Waals surface area contributed by atoms with Crippen molar-refractivity contribution in [3.63, 3.8) is 0 Å². The molecular formula is C20H17F3O4S. The van der Waals surface area contributed by atoms with Crippen molar-refractivity contribution in [3.05, 3.63) is 58.9 Å². The van der Waals surface area contributed by atoms with Crippen LogP contribution in [0.25, 0.3) is 0 Å². The highest BCUT2D eigenvalue weighted by Gasteiger charge is 2.48. The lowest BCUT2D eigenvalue weighted by atomic mass is 9.94. The van der Waals surface area contributed by atoms with E-state index < -0.39 is 21.7 Å². The van der Waals surface area contributed by atoms with Gasteiger partial charge in [-0.3, -0.25) is 0 Å². The van der Waals surface area contributed by atoms with Gasteiger partial charge in [0.1, 0.15) is 12.4 Å². The van der Waals surface area contributed by atoms with E-state index in [1.165, 1.54) is 7.11 Å². The summed E-state index contributed by atoms with van der Waals surface area (Å²) in [6.07, 6.45) is 8.77. The molecule has 0 saturated carbocycles. The Morgan fingerprint density at radius 2 is 2.00 bits per heavy atom. The summed E-state index contributed by atoms with van der Waals surface area (Å²) in [5.41, 5.74) is -3.54. The van der Waals surface area contributed by atoms with Crippen molar-refractivity contribution < 1.29 is 30.5 Å².